The van der Waals surface area contributed by atoms with E-state index in [0.717, 1.165) is 11.3 Å². The minimum atomic E-state index is -0.0165. The van der Waals surface area contributed by atoms with Gasteiger partial charge in [-0.05, 0) is 12.1 Å². The Kier molecular flexibility index (Phi) is 2.33. The van der Waals surface area contributed by atoms with E-state index in [2.05, 4.69) is 9.97 Å². The third kappa shape index (κ3) is 1.74. The molecule has 66 valence electrons. The molecule has 0 radical (unpaired) electrons. The molecule has 2 rings (SSSR count). The Bertz CT molecular complexity index is 369. The molecule has 13 heavy (non-hydrogen) atoms. The van der Waals surface area contributed by atoms with Crippen LogP contribution in [-0.2, 0) is 6.61 Å². The third-order valence-corrected chi connectivity index (χ3v) is 2.30. The largest absolute Gasteiger partial charge is 0.390 e. The highest BCUT2D eigenvalue weighted by atomic mass is 32.1. The number of nitrogens with zero attached hydrogens (tertiary/aromatic N) is 2. The fraction of sp³-hybridized carbons (Fsp3) is 0.111. The Morgan fingerprint density at radius 2 is 2.23 bits per heavy atom. The lowest BCUT2D eigenvalue weighted by Crippen LogP contribution is -1.88. The lowest BCUT2D eigenvalue weighted by atomic mass is 10.2. The van der Waals surface area contributed by atoms with E-state index in [1.165, 1.54) is 0 Å². The Balaban J connectivity index is 2.33. The summed E-state index contributed by atoms with van der Waals surface area (Å²) in [6, 6.07) is 3.71. The molecule has 0 amide bonds. The molecule has 2 heterocycles. The average Bonchev–Trinajstić information content (AvgIpc) is 2.71. The molecule has 0 aliphatic carbocycles. The van der Waals surface area contributed by atoms with Gasteiger partial charge in [-0.15, -0.1) is 11.3 Å². The van der Waals surface area contributed by atoms with Crippen molar-refractivity contribution in [3.8, 4) is 11.3 Å². The molecular formula is C9H8N2OS. The zero-order valence-electron chi connectivity index (χ0n) is 6.84. The SMILES string of the molecule is OCc1ccc(-c2cscn2)cn1. The Morgan fingerprint density at radius 1 is 1.31 bits per heavy atom. The fourth-order valence-corrected chi connectivity index (χ4v) is 1.59. The molecule has 0 aromatic carbocycles. The maximum absolute atomic E-state index is 8.78. The molecule has 0 fully saturated rings. The highest BCUT2D eigenvalue weighted by molar-refractivity contribution is 7.07. The van der Waals surface area contributed by atoms with Gasteiger partial charge < -0.3 is 5.11 Å². The summed E-state index contributed by atoms with van der Waals surface area (Å²) < 4.78 is 0. The number of hydrogen-bond acceptors (Lipinski definition) is 4. The zero-order valence-corrected chi connectivity index (χ0v) is 7.66. The predicted octanol–water partition coefficient (Wildman–Crippen LogP) is 1.70. The summed E-state index contributed by atoms with van der Waals surface area (Å²) in [7, 11) is 0. The minimum Gasteiger partial charge on any atom is -0.390 e. The van der Waals surface area contributed by atoms with E-state index in [4.69, 9.17) is 5.11 Å². The first kappa shape index (κ1) is 8.34. The van der Waals surface area contributed by atoms with E-state index >= 15 is 0 Å². The highest BCUT2D eigenvalue weighted by Gasteiger charge is 1.99. The zero-order chi connectivity index (χ0) is 9.10. The van der Waals surface area contributed by atoms with E-state index in [9.17, 15) is 0 Å². The van der Waals surface area contributed by atoms with Crippen molar-refractivity contribution in [1.29, 1.82) is 0 Å². The van der Waals surface area contributed by atoms with Crippen molar-refractivity contribution in [2.45, 2.75) is 6.61 Å². The summed E-state index contributed by atoms with van der Waals surface area (Å²) in [5.74, 6) is 0. The van der Waals surface area contributed by atoms with Gasteiger partial charge in [0, 0.05) is 17.1 Å². The number of aliphatic hydroxyl groups excluding tert-OH is 1. The van der Waals surface area contributed by atoms with Crippen LogP contribution < -0.4 is 0 Å². The van der Waals surface area contributed by atoms with Crippen molar-refractivity contribution >= 4 is 11.3 Å². The van der Waals surface area contributed by atoms with Gasteiger partial charge in [0.25, 0.3) is 0 Å². The van der Waals surface area contributed by atoms with Crippen molar-refractivity contribution in [2.24, 2.45) is 0 Å². The summed E-state index contributed by atoms with van der Waals surface area (Å²) in [6.07, 6.45) is 1.72. The first-order valence-corrected chi connectivity index (χ1v) is 4.79. The van der Waals surface area contributed by atoms with Crippen LogP contribution in [0.2, 0.25) is 0 Å². The molecule has 0 aliphatic heterocycles. The number of aromatic nitrogens is 2. The van der Waals surface area contributed by atoms with E-state index in [0.29, 0.717) is 5.69 Å². The molecule has 4 heteroatoms. The van der Waals surface area contributed by atoms with Crippen LogP contribution in [0.1, 0.15) is 5.69 Å². The molecule has 1 N–H and O–H groups in total. The number of aliphatic hydroxyl groups is 1. The Hall–Kier alpha value is -1.26. The van der Waals surface area contributed by atoms with Gasteiger partial charge in [-0.1, -0.05) is 0 Å². The van der Waals surface area contributed by atoms with Gasteiger partial charge in [0.2, 0.25) is 0 Å². The van der Waals surface area contributed by atoms with Gasteiger partial charge in [-0.25, -0.2) is 4.98 Å². The van der Waals surface area contributed by atoms with Crippen molar-refractivity contribution in [1.82, 2.24) is 9.97 Å². The van der Waals surface area contributed by atoms with Gasteiger partial charge in [-0.2, -0.15) is 0 Å². The predicted molar refractivity (Wildman–Crippen MR) is 51.3 cm³/mol. The second kappa shape index (κ2) is 3.64. The molecule has 0 aliphatic rings. The van der Waals surface area contributed by atoms with Gasteiger partial charge in [0.05, 0.1) is 23.5 Å². The van der Waals surface area contributed by atoms with E-state index < -0.39 is 0 Å². The second-order valence-electron chi connectivity index (χ2n) is 2.57. The molecular weight excluding hydrogens is 184 g/mol. The molecule has 0 saturated heterocycles. The van der Waals surface area contributed by atoms with Crippen LogP contribution in [0.3, 0.4) is 0 Å². The molecule has 0 saturated carbocycles. The standard InChI is InChI=1S/C9H8N2OS/c12-4-8-2-1-7(3-10-8)9-5-13-6-11-9/h1-3,5-6,12H,4H2. The molecule has 3 nitrogen and oxygen atoms in total. The Morgan fingerprint density at radius 3 is 2.77 bits per heavy atom. The average molecular weight is 192 g/mol. The Labute approximate surface area is 79.7 Å². The molecule has 0 atom stereocenters. The number of thiazole rings is 1. The van der Waals surface area contributed by atoms with E-state index in [-0.39, 0.29) is 6.61 Å². The molecule has 2 aromatic heterocycles. The monoisotopic (exact) mass is 192 g/mol. The van der Waals surface area contributed by atoms with Crippen LogP contribution in [-0.4, -0.2) is 15.1 Å². The summed E-state index contributed by atoms with van der Waals surface area (Å²) in [4.78, 5) is 8.23. The molecule has 0 bridgehead atoms. The van der Waals surface area contributed by atoms with Crippen molar-refractivity contribution < 1.29 is 5.11 Å². The van der Waals surface area contributed by atoms with Gasteiger partial charge in [0.1, 0.15) is 0 Å². The van der Waals surface area contributed by atoms with Gasteiger partial charge in [0.15, 0.2) is 0 Å². The van der Waals surface area contributed by atoms with Gasteiger partial charge >= 0.3 is 0 Å². The second-order valence-corrected chi connectivity index (χ2v) is 3.29. The maximum atomic E-state index is 8.78. The van der Waals surface area contributed by atoms with E-state index in [1.54, 1.807) is 29.1 Å². The maximum Gasteiger partial charge on any atom is 0.0852 e. The third-order valence-electron chi connectivity index (χ3n) is 1.71. The first-order valence-electron chi connectivity index (χ1n) is 3.84. The smallest absolute Gasteiger partial charge is 0.0852 e. The summed E-state index contributed by atoms with van der Waals surface area (Å²) in [5.41, 5.74) is 4.38. The van der Waals surface area contributed by atoms with E-state index in [1.807, 2.05) is 11.4 Å². The van der Waals surface area contributed by atoms with Crippen molar-refractivity contribution in [3.63, 3.8) is 0 Å². The van der Waals surface area contributed by atoms with Crippen LogP contribution in [0.5, 0.6) is 0 Å². The van der Waals surface area contributed by atoms with Crippen molar-refractivity contribution in [3.05, 3.63) is 34.9 Å². The van der Waals surface area contributed by atoms with Crippen LogP contribution in [0.4, 0.5) is 0 Å². The van der Waals surface area contributed by atoms with Crippen LogP contribution in [0.15, 0.2) is 29.2 Å². The lowest BCUT2D eigenvalue weighted by Gasteiger charge is -1.97. The van der Waals surface area contributed by atoms with Gasteiger partial charge in [-0.3, -0.25) is 4.98 Å². The summed E-state index contributed by atoms with van der Waals surface area (Å²) in [5, 5.41) is 10.8. The quantitative estimate of drug-likeness (QED) is 0.787. The van der Waals surface area contributed by atoms with Crippen molar-refractivity contribution in [2.75, 3.05) is 0 Å². The first-order chi connectivity index (χ1) is 6.40. The molecule has 0 unspecified atom stereocenters. The van der Waals surface area contributed by atoms with Crippen LogP contribution in [0.25, 0.3) is 11.3 Å². The normalized spacial score (nSPS) is 10.2. The number of pyridine rings is 1. The topological polar surface area (TPSA) is 46.0 Å². The van der Waals surface area contributed by atoms with Crippen LogP contribution >= 0.6 is 11.3 Å². The fourth-order valence-electron chi connectivity index (χ4n) is 1.02. The van der Waals surface area contributed by atoms with Crippen LogP contribution in [0, 0.1) is 0 Å². The minimum absolute atomic E-state index is 0.0165. The molecule has 0 spiro atoms. The highest BCUT2D eigenvalue weighted by Crippen LogP contribution is 2.17. The number of hydrogen-bond donors (Lipinski definition) is 1. The summed E-state index contributed by atoms with van der Waals surface area (Å²) >= 11 is 1.56. The molecule has 2 aromatic rings. The number of rotatable bonds is 2. The lowest BCUT2D eigenvalue weighted by molar-refractivity contribution is 0.277. The summed E-state index contributed by atoms with van der Waals surface area (Å²) in [6.45, 7) is -0.0165.